The maximum Gasteiger partial charge on any atom is 0.255 e. The van der Waals surface area contributed by atoms with E-state index in [1.54, 1.807) is 12.4 Å². The molecule has 0 bridgehead atoms. The molecular weight excluding hydrogens is 288 g/mol. The smallest absolute Gasteiger partial charge is 0.255 e. The third-order valence-electron chi connectivity index (χ3n) is 3.04. The molecule has 0 fully saturated rings. The minimum absolute atomic E-state index is 0.0925. The Balaban J connectivity index is 2.43. The largest absolute Gasteiger partial charge is 0.282 e. The van der Waals surface area contributed by atoms with Gasteiger partial charge in [0.15, 0.2) is 9.84 Å². The summed E-state index contributed by atoms with van der Waals surface area (Å²) in [5.74, 6) is 0.220. The Labute approximate surface area is 124 Å². The second kappa shape index (κ2) is 5.81. The monoisotopic (exact) mass is 306 g/mol. The van der Waals surface area contributed by atoms with Gasteiger partial charge >= 0.3 is 0 Å². The molecule has 2 aromatic rings. The van der Waals surface area contributed by atoms with Crippen LogP contribution in [0.4, 0.5) is 0 Å². The molecule has 2 heterocycles. The lowest BCUT2D eigenvalue weighted by molar-refractivity contribution is 0.601. The first-order chi connectivity index (χ1) is 9.76. The van der Waals surface area contributed by atoms with E-state index in [1.165, 1.54) is 23.0 Å². The molecule has 0 amide bonds. The Morgan fingerprint density at radius 1 is 1.19 bits per heavy atom. The van der Waals surface area contributed by atoms with Crippen molar-refractivity contribution in [2.75, 3.05) is 6.26 Å². The molecule has 6 heteroatoms. The molecule has 0 saturated carbocycles. The van der Waals surface area contributed by atoms with Crippen LogP contribution in [0.25, 0.3) is 5.69 Å². The van der Waals surface area contributed by atoms with E-state index >= 15 is 0 Å². The fourth-order valence-electron chi connectivity index (χ4n) is 2.00. The third-order valence-corrected chi connectivity index (χ3v) is 3.90. The van der Waals surface area contributed by atoms with Crippen molar-refractivity contribution in [1.82, 2.24) is 9.55 Å². The highest BCUT2D eigenvalue weighted by atomic mass is 32.2. The van der Waals surface area contributed by atoms with Crippen molar-refractivity contribution >= 4 is 9.84 Å². The third kappa shape index (κ3) is 4.01. The van der Waals surface area contributed by atoms with Gasteiger partial charge in [-0.15, -0.1) is 0 Å². The maximum absolute atomic E-state index is 11.9. The van der Waals surface area contributed by atoms with Crippen LogP contribution in [0, 0.1) is 0 Å². The zero-order valence-corrected chi connectivity index (χ0v) is 13.1. The number of sulfone groups is 1. The van der Waals surface area contributed by atoms with E-state index in [9.17, 15) is 13.2 Å². The average Bonchev–Trinajstić information content (AvgIpc) is 2.39. The molecule has 2 aromatic heterocycles. The fourth-order valence-corrected chi connectivity index (χ4v) is 2.78. The first kappa shape index (κ1) is 15.4. The second-order valence-corrected chi connectivity index (χ2v) is 7.55. The van der Waals surface area contributed by atoms with Crippen LogP contribution in [0.2, 0.25) is 0 Å². The molecule has 0 saturated heterocycles. The second-order valence-electron chi connectivity index (χ2n) is 5.41. The quantitative estimate of drug-likeness (QED) is 0.865. The molecule has 0 atom stereocenters. The van der Waals surface area contributed by atoms with E-state index in [0.717, 1.165) is 5.69 Å². The number of nitrogens with zero attached hydrogens (tertiary/aromatic N) is 2. The van der Waals surface area contributed by atoms with Gasteiger partial charge in [-0.25, -0.2) is 8.42 Å². The van der Waals surface area contributed by atoms with Crippen molar-refractivity contribution in [2.45, 2.75) is 25.5 Å². The van der Waals surface area contributed by atoms with Crippen molar-refractivity contribution in [3.63, 3.8) is 0 Å². The fraction of sp³-hybridized carbons (Fsp3) is 0.333. The lowest BCUT2D eigenvalue weighted by atomic mass is 10.1. The number of hydrogen-bond donors (Lipinski definition) is 0. The Bertz CT molecular complexity index is 790. The van der Waals surface area contributed by atoms with Crippen LogP contribution in [0.5, 0.6) is 0 Å². The van der Waals surface area contributed by atoms with Crippen LogP contribution in [-0.2, 0) is 15.6 Å². The minimum atomic E-state index is -3.14. The van der Waals surface area contributed by atoms with Gasteiger partial charge in [0.1, 0.15) is 0 Å². The molecule has 0 N–H and O–H groups in total. The summed E-state index contributed by atoms with van der Waals surface area (Å²) >= 11 is 0. The van der Waals surface area contributed by atoms with Gasteiger partial charge in [0.05, 0.1) is 17.6 Å². The molecule has 0 aliphatic rings. The number of pyridine rings is 2. The summed E-state index contributed by atoms with van der Waals surface area (Å²) in [6.45, 7) is 4.09. The van der Waals surface area contributed by atoms with Crippen molar-refractivity contribution in [3.05, 3.63) is 58.3 Å². The first-order valence-corrected chi connectivity index (χ1v) is 8.68. The van der Waals surface area contributed by atoms with Crippen molar-refractivity contribution in [3.8, 4) is 5.69 Å². The summed E-state index contributed by atoms with van der Waals surface area (Å²) in [6, 6.07) is 6.59. The molecule has 21 heavy (non-hydrogen) atoms. The lowest BCUT2D eigenvalue weighted by Gasteiger charge is -2.09. The van der Waals surface area contributed by atoms with Gasteiger partial charge in [0.25, 0.3) is 5.56 Å². The molecule has 0 unspecified atom stereocenters. The highest BCUT2D eigenvalue weighted by Crippen LogP contribution is 2.13. The predicted molar refractivity (Wildman–Crippen MR) is 82.5 cm³/mol. The Hall–Kier alpha value is -1.95. The number of aromatic nitrogens is 2. The summed E-state index contributed by atoms with van der Waals surface area (Å²) in [5, 5.41) is 0. The summed E-state index contributed by atoms with van der Waals surface area (Å²) in [7, 11) is -3.14. The molecular formula is C15H18N2O3S. The van der Waals surface area contributed by atoms with Crippen LogP contribution in [-0.4, -0.2) is 24.2 Å². The molecule has 5 nitrogen and oxygen atoms in total. The Kier molecular flexibility index (Phi) is 4.27. The SMILES string of the molecule is CC(C)c1ccc(-n2cc(CS(C)(=O)=O)ccc2=O)cn1. The van der Waals surface area contributed by atoms with Crippen LogP contribution in [0.1, 0.15) is 31.0 Å². The van der Waals surface area contributed by atoms with Gasteiger partial charge in [-0.3, -0.25) is 14.3 Å². The van der Waals surface area contributed by atoms with Crippen LogP contribution in [0.3, 0.4) is 0 Å². The molecule has 0 spiro atoms. The summed E-state index contributed by atoms with van der Waals surface area (Å²) in [6.07, 6.45) is 4.35. The van der Waals surface area contributed by atoms with Gasteiger partial charge in [-0.05, 0) is 23.6 Å². The molecule has 0 aliphatic heterocycles. The van der Waals surface area contributed by atoms with Gasteiger partial charge in [0.2, 0.25) is 0 Å². The number of rotatable bonds is 4. The van der Waals surface area contributed by atoms with Crippen molar-refractivity contribution < 1.29 is 8.42 Å². The Morgan fingerprint density at radius 3 is 2.43 bits per heavy atom. The van der Waals surface area contributed by atoms with Crippen LogP contribution >= 0.6 is 0 Å². The van der Waals surface area contributed by atoms with Crippen LogP contribution < -0.4 is 5.56 Å². The van der Waals surface area contributed by atoms with Gasteiger partial charge in [0, 0.05) is 24.2 Å². The summed E-state index contributed by atoms with van der Waals surface area (Å²) < 4.78 is 24.1. The molecule has 0 aliphatic carbocycles. The average molecular weight is 306 g/mol. The highest BCUT2D eigenvalue weighted by Gasteiger charge is 2.08. The number of hydrogen-bond acceptors (Lipinski definition) is 4. The van der Waals surface area contributed by atoms with Gasteiger partial charge < -0.3 is 0 Å². The highest BCUT2D eigenvalue weighted by molar-refractivity contribution is 7.89. The van der Waals surface area contributed by atoms with E-state index < -0.39 is 9.84 Å². The van der Waals surface area contributed by atoms with E-state index in [0.29, 0.717) is 17.2 Å². The van der Waals surface area contributed by atoms with Gasteiger partial charge in [-0.1, -0.05) is 19.9 Å². The van der Waals surface area contributed by atoms with E-state index in [2.05, 4.69) is 4.98 Å². The molecule has 2 rings (SSSR count). The topological polar surface area (TPSA) is 69.0 Å². The molecule has 0 aromatic carbocycles. The zero-order valence-electron chi connectivity index (χ0n) is 12.3. The first-order valence-electron chi connectivity index (χ1n) is 6.62. The zero-order chi connectivity index (χ0) is 15.6. The van der Waals surface area contributed by atoms with Crippen molar-refractivity contribution in [1.29, 1.82) is 0 Å². The molecule has 112 valence electrons. The summed E-state index contributed by atoms with van der Waals surface area (Å²) in [5.41, 5.74) is 1.93. The van der Waals surface area contributed by atoms with Gasteiger partial charge in [-0.2, -0.15) is 0 Å². The maximum atomic E-state index is 11.9. The van der Waals surface area contributed by atoms with E-state index in [1.807, 2.05) is 26.0 Å². The van der Waals surface area contributed by atoms with E-state index in [-0.39, 0.29) is 11.3 Å². The standard InChI is InChI=1S/C15H18N2O3S/c1-11(2)14-6-5-13(8-16-14)17-9-12(4-7-15(17)18)10-21(3,19)20/h4-9,11H,10H2,1-3H3. The Morgan fingerprint density at radius 2 is 1.90 bits per heavy atom. The summed E-state index contributed by atoms with van der Waals surface area (Å²) in [4.78, 5) is 16.3. The van der Waals surface area contributed by atoms with Crippen molar-refractivity contribution in [2.24, 2.45) is 0 Å². The van der Waals surface area contributed by atoms with E-state index in [4.69, 9.17) is 0 Å². The molecule has 0 radical (unpaired) electrons. The normalized spacial score (nSPS) is 11.8. The van der Waals surface area contributed by atoms with Crippen LogP contribution in [0.15, 0.2) is 41.5 Å². The lowest BCUT2D eigenvalue weighted by Crippen LogP contribution is -2.18. The predicted octanol–water partition coefficient (Wildman–Crippen LogP) is 1.90. The minimum Gasteiger partial charge on any atom is -0.282 e.